The van der Waals surface area contributed by atoms with E-state index >= 15 is 0 Å². The van der Waals surface area contributed by atoms with Crippen LogP contribution in [0, 0.1) is 0 Å². The molecule has 0 radical (unpaired) electrons. The van der Waals surface area contributed by atoms with Crippen LogP contribution in [0.2, 0.25) is 0 Å². The second kappa shape index (κ2) is 26.1. The molecule has 0 aliphatic rings. The molecule has 0 aromatic rings. The predicted molar refractivity (Wildman–Crippen MR) is 96.2 cm³/mol. The molecule has 0 heterocycles. The van der Waals surface area contributed by atoms with Gasteiger partial charge in [0.15, 0.2) is 0 Å². The average Bonchev–Trinajstić information content (AvgIpc) is 2.60. The number of unbranched alkanes of at least 4 members (excludes halogenated alkanes) is 8. The van der Waals surface area contributed by atoms with Gasteiger partial charge in [0, 0.05) is 11.9 Å². The fraction of sp³-hybridized carbons (Fsp3) is 0.789. The molecule has 0 fully saturated rings. The first-order valence-corrected chi connectivity index (χ1v) is 9.04. The lowest BCUT2D eigenvalue weighted by Crippen LogP contribution is -2.21. The number of carbonyl (C=O) groups is 4. The number of rotatable bonds is 18. The van der Waals surface area contributed by atoms with Crippen molar-refractivity contribution in [3.8, 4) is 0 Å². The Morgan fingerprint density at radius 3 is 1.19 bits per heavy atom. The van der Waals surface area contributed by atoms with E-state index in [2.05, 4.69) is 9.47 Å². The first-order chi connectivity index (χ1) is 12.5. The third kappa shape index (κ3) is 35.8. The average molecular weight is 390 g/mol. The molecular weight excluding hydrogens is 356 g/mol. The molecule has 0 amide bonds. The van der Waals surface area contributed by atoms with Crippen LogP contribution in [-0.4, -0.2) is 38.1 Å². The maximum Gasteiger partial charge on any atom is 0.293 e. The quantitative estimate of drug-likeness (QED) is 0.251. The number of aliphatic carboxylic acids is 2. The molecule has 27 heavy (non-hydrogen) atoms. The largest absolute Gasteiger partial charge is 0.550 e. The lowest BCUT2D eigenvalue weighted by atomic mass is 10.1. The van der Waals surface area contributed by atoms with E-state index in [9.17, 15) is 29.4 Å². The summed E-state index contributed by atoms with van der Waals surface area (Å²) in [4.78, 5) is 39.4. The predicted octanol–water partition coefficient (Wildman–Crippen LogP) is 1.14. The van der Waals surface area contributed by atoms with E-state index in [1.165, 1.54) is 0 Å². The lowest BCUT2D eigenvalue weighted by molar-refractivity contribution is -0.307. The summed E-state index contributed by atoms with van der Waals surface area (Å²) in [5.74, 6) is -1.96. The number of carboxylic acids is 2. The number of ether oxygens (including phenoxy) is 2. The van der Waals surface area contributed by atoms with Gasteiger partial charge in [0.2, 0.25) is 0 Å². The number of carbonyl (C=O) groups excluding carboxylic acids is 4. The van der Waals surface area contributed by atoms with Crippen molar-refractivity contribution in [2.45, 2.75) is 84.5 Å². The van der Waals surface area contributed by atoms with Crippen molar-refractivity contribution in [3.05, 3.63) is 0 Å². The summed E-state index contributed by atoms with van der Waals surface area (Å²) in [6.07, 6.45) is 9.05. The molecule has 160 valence electrons. The summed E-state index contributed by atoms with van der Waals surface area (Å²) >= 11 is 0. The van der Waals surface area contributed by atoms with Gasteiger partial charge >= 0.3 is 0 Å². The van der Waals surface area contributed by atoms with Gasteiger partial charge in [0.25, 0.3) is 12.9 Å². The standard InChI is InChI=1S/2C9H16O4.CH4/c2*10-8-13-7-5-3-1-2-4-6-9(11)12;/h2*8H,1-7H2,(H,11,12);1H4/p-2. The Kier molecular flexibility index (Phi) is 28.7. The first kappa shape index (κ1) is 29.6. The molecule has 0 aromatic carbocycles. The summed E-state index contributed by atoms with van der Waals surface area (Å²) in [6.45, 7) is 1.81. The summed E-state index contributed by atoms with van der Waals surface area (Å²) < 4.78 is 8.99. The van der Waals surface area contributed by atoms with Gasteiger partial charge in [-0.3, -0.25) is 9.59 Å². The normalized spacial score (nSPS) is 9.19. The van der Waals surface area contributed by atoms with Crippen LogP contribution in [0.25, 0.3) is 0 Å². The SMILES string of the molecule is C.O=COCCCCCCCC(=O)[O-].O=COCCCCCCCC(=O)[O-]. The highest BCUT2D eigenvalue weighted by atomic mass is 16.5. The van der Waals surface area contributed by atoms with Crippen LogP contribution in [0.15, 0.2) is 0 Å². The minimum atomic E-state index is -0.982. The molecule has 0 N–H and O–H groups in total. The lowest BCUT2D eigenvalue weighted by Gasteiger charge is -2.01. The van der Waals surface area contributed by atoms with E-state index < -0.39 is 11.9 Å². The Morgan fingerprint density at radius 2 is 0.889 bits per heavy atom. The molecule has 0 bridgehead atoms. The summed E-state index contributed by atoms with van der Waals surface area (Å²) in [6, 6.07) is 0. The zero-order chi connectivity index (χ0) is 19.9. The van der Waals surface area contributed by atoms with Crippen LogP contribution in [0.1, 0.15) is 84.5 Å². The van der Waals surface area contributed by atoms with Crippen molar-refractivity contribution >= 4 is 24.9 Å². The van der Waals surface area contributed by atoms with Crippen LogP contribution >= 0.6 is 0 Å². The molecule has 0 saturated heterocycles. The first-order valence-electron chi connectivity index (χ1n) is 9.04. The molecular formula is C19H34O8-2. The van der Waals surface area contributed by atoms with E-state index in [-0.39, 0.29) is 20.3 Å². The van der Waals surface area contributed by atoms with E-state index in [0.717, 1.165) is 51.4 Å². The van der Waals surface area contributed by atoms with Gasteiger partial charge < -0.3 is 29.3 Å². The number of hydrogen-bond donors (Lipinski definition) is 0. The van der Waals surface area contributed by atoms with Crippen LogP contribution in [0.4, 0.5) is 0 Å². The molecule has 0 atom stereocenters. The summed E-state index contributed by atoms with van der Waals surface area (Å²) in [5.41, 5.74) is 0. The minimum Gasteiger partial charge on any atom is -0.550 e. The molecule has 0 unspecified atom stereocenters. The molecule has 0 aromatic heterocycles. The maximum absolute atomic E-state index is 10.0. The van der Waals surface area contributed by atoms with Gasteiger partial charge in [0.1, 0.15) is 0 Å². The van der Waals surface area contributed by atoms with E-state index in [0.29, 0.717) is 39.0 Å². The van der Waals surface area contributed by atoms with E-state index in [4.69, 9.17) is 0 Å². The van der Waals surface area contributed by atoms with Crippen molar-refractivity contribution in [1.29, 1.82) is 0 Å². The summed E-state index contributed by atoms with van der Waals surface area (Å²) in [7, 11) is 0. The molecule has 0 rings (SSSR count). The van der Waals surface area contributed by atoms with Crippen LogP contribution < -0.4 is 10.2 Å². The number of carboxylic acid groups (broad SMARTS) is 2. The van der Waals surface area contributed by atoms with Gasteiger partial charge in [-0.1, -0.05) is 46.0 Å². The molecule has 0 saturated carbocycles. The van der Waals surface area contributed by atoms with Crippen molar-refractivity contribution < 1.29 is 38.9 Å². The Bertz CT molecular complexity index is 324. The number of hydrogen-bond acceptors (Lipinski definition) is 8. The second-order valence-electron chi connectivity index (χ2n) is 5.71. The Morgan fingerprint density at radius 1 is 0.593 bits per heavy atom. The second-order valence-corrected chi connectivity index (χ2v) is 5.71. The molecule has 8 heteroatoms. The van der Waals surface area contributed by atoms with Crippen molar-refractivity contribution in [1.82, 2.24) is 0 Å². The van der Waals surface area contributed by atoms with E-state index in [1.807, 2.05) is 0 Å². The monoisotopic (exact) mass is 390 g/mol. The van der Waals surface area contributed by atoms with Crippen molar-refractivity contribution in [3.63, 3.8) is 0 Å². The smallest absolute Gasteiger partial charge is 0.293 e. The van der Waals surface area contributed by atoms with Gasteiger partial charge in [-0.15, -0.1) is 0 Å². The highest BCUT2D eigenvalue weighted by Crippen LogP contribution is 2.05. The minimum absolute atomic E-state index is 0. The van der Waals surface area contributed by atoms with Crippen LogP contribution in [-0.2, 0) is 28.7 Å². The van der Waals surface area contributed by atoms with Gasteiger partial charge in [0.05, 0.1) is 13.2 Å². The van der Waals surface area contributed by atoms with Gasteiger partial charge in [-0.25, -0.2) is 0 Å². The third-order valence-corrected chi connectivity index (χ3v) is 3.42. The topological polar surface area (TPSA) is 133 Å². The zero-order valence-electron chi connectivity index (χ0n) is 15.3. The highest BCUT2D eigenvalue weighted by molar-refractivity contribution is 5.64. The Balaban J connectivity index is -0.000000411. The Hall–Kier alpha value is -2.12. The molecule has 0 aliphatic heterocycles. The van der Waals surface area contributed by atoms with Crippen molar-refractivity contribution in [2.75, 3.05) is 13.2 Å². The molecule has 0 spiro atoms. The maximum atomic E-state index is 10.0. The highest BCUT2D eigenvalue weighted by Gasteiger charge is 1.92. The fourth-order valence-corrected chi connectivity index (χ4v) is 2.07. The zero-order valence-corrected chi connectivity index (χ0v) is 15.3. The summed E-state index contributed by atoms with van der Waals surface area (Å²) in [5, 5.41) is 20.0. The van der Waals surface area contributed by atoms with E-state index in [1.54, 1.807) is 0 Å². The Labute approximate surface area is 162 Å². The fourth-order valence-electron chi connectivity index (χ4n) is 2.07. The third-order valence-electron chi connectivity index (χ3n) is 3.42. The van der Waals surface area contributed by atoms with Gasteiger partial charge in [-0.2, -0.15) is 0 Å². The molecule has 0 aliphatic carbocycles. The molecule has 8 nitrogen and oxygen atoms in total. The van der Waals surface area contributed by atoms with Gasteiger partial charge in [-0.05, 0) is 38.5 Å². The van der Waals surface area contributed by atoms with Crippen molar-refractivity contribution in [2.24, 2.45) is 0 Å². The van der Waals surface area contributed by atoms with Crippen LogP contribution in [0.3, 0.4) is 0 Å². The van der Waals surface area contributed by atoms with Crippen LogP contribution in [0.5, 0.6) is 0 Å².